The first-order valence-corrected chi connectivity index (χ1v) is 4.11. The van der Waals surface area contributed by atoms with Gasteiger partial charge in [-0.2, -0.15) is 18.4 Å². The van der Waals surface area contributed by atoms with Crippen LogP contribution in [0.5, 0.6) is 0 Å². The highest BCUT2D eigenvalue weighted by Crippen LogP contribution is 2.29. The summed E-state index contributed by atoms with van der Waals surface area (Å²) in [5.74, 6) is -0.359. The van der Waals surface area contributed by atoms with Crippen LogP contribution in [0, 0.1) is 17.2 Å². The highest BCUT2D eigenvalue weighted by molar-refractivity contribution is 4.93. The van der Waals surface area contributed by atoms with Crippen LogP contribution >= 0.6 is 0 Å². The smallest absolute Gasteiger partial charge is 0.367 e. The Kier molecular flexibility index (Phi) is 3.15. The molecule has 0 heterocycles. The van der Waals surface area contributed by atoms with Crippen LogP contribution in [0.4, 0.5) is 13.2 Å². The van der Waals surface area contributed by atoms with Gasteiger partial charge in [0.1, 0.15) is 6.61 Å². The second kappa shape index (κ2) is 3.97. The first-order chi connectivity index (χ1) is 6.03. The van der Waals surface area contributed by atoms with Crippen molar-refractivity contribution in [3.05, 3.63) is 0 Å². The molecule has 1 saturated carbocycles. The first-order valence-electron chi connectivity index (χ1n) is 4.11. The summed E-state index contributed by atoms with van der Waals surface area (Å²) < 4.78 is 39.8. The molecule has 1 aliphatic rings. The average molecular weight is 193 g/mol. The van der Waals surface area contributed by atoms with Crippen molar-refractivity contribution in [3.8, 4) is 6.07 Å². The maximum absolute atomic E-state index is 11.7. The summed E-state index contributed by atoms with van der Waals surface area (Å²) >= 11 is 0. The van der Waals surface area contributed by atoms with Gasteiger partial charge in [0.15, 0.2) is 0 Å². The molecule has 13 heavy (non-hydrogen) atoms. The van der Waals surface area contributed by atoms with E-state index in [9.17, 15) is 13.2 Å². The third-order valence-corrected chi connectivity index (χ3v) is 2.08. The molecule has 1 aliphatic carbocycles. The molecule has 2 atom stereocenters. The van der Waals surface area contributed by atoms with E-state index in [2.05, 4.69) is 4.74 Å². The lowest BCUT2D eigenvalue weighted by molar-refractivity contribution is -0.186. The van der Waals surface area contributed by atoms with Crippen molar-refractivity contribution < 1.29 is 17.9 Å². The summed E-state index contributed by atoms with van der Waals surface area (Å²) in [6.07, 6.45) is -2.82. The highest BCUT2D eigenvalue weighted by Gasteiger charge is 2.33. The molecule has 2 nitrogen and oxygen atoms in total. The fourth-order valence-electron chi connectivity index (χ4n) is 1.47. The van der Waals surface area contributed by atoms with Crippen LogP contribution in [0.1, 0.15) is 19.3 Å². The topological polar surface area (TPSA) is 33.0 Å². The molecular formula is C8H10F3NO. The van der Waals surface area contributed by atoms with Crippen molar-refractivity contribution >= 4 is 0 Å². The molecule has 0 amide bonds. The summed E-state index contributed by atoms with van der Waals surface area (Å²) in [7, 11) is 0. The fourth-order valence-corrected chi connectivity index (χ4v) is 1.47. The van der Waals surface area contributed by atoms with Gasteiger partial charge in [-0.15, -0.1) is 0 Å². The summed E-state index contributed by atoms with van der Waals surface area (Å²) in [6, 6.07) is 1.96. The maximum atomic E-state index is 11.7. The number of nitriles is 1. The van der Waals surface area contributed by atoms with E-state index in [1.54, 1.807) is 0 Å². The van der Waals surface area contributed by atoms with Crippen molar-refractivity contribution in [2.24, 2.45) is 5.92 Å². The van der Waals surface area contributed by atoms with E-state index < -0.39 is 18.9 Å². The summed E-state index contributed by atoms with van der Waals surface area (Å²) in [4.78, 5) is 0. The van der Waals surface area contributed by atoms with Gasteiger partial charge in [0.25, 0.3) is 0 Å². The van der Waals surface area contributed by atoms with Gasteiger partial charge in [-0.1, -0.05) is 0 Å². The monoisotopic (exact) mass is 193 g/mol. The zero-order valence-corrected chi connectivity index (χ0v) is 6.97. The first kappa shape index (κ1) is 10.3. The summed E-state index contributed by atoms with van der Waals surface area (Å²) in [5, 5.41) is 8.55. The molecule has 0 radical (unpaired) electrons. The van der Waals surface area contributed by atoms with Crippen molar-refractivity contribution in [2.75, 3.05) is 6.61 Å². The van der Waals surface area contributed by atoms with Gasteiger partial charge in [-0.05, 0) is 19.3 Å². The normalized spacial score (nSPS) is 28.8. The van der Waals surface area contributed by atoms with E-state index in [0.717, 1.165) is 6.42 Å². The number of nitrogens with zero attached hydrogens (tertiary/aromatic N) is 1. The van der Waals surface area contributed by atoms with Crippen LogP contribution in [0.15, 0.2) is 0 Å². The van der Waals surface area contributed by atoms with Crippen LogP contribution in [-0.4, -0.2) is 18.9 Å². The zero-order chi connectivity index (χ0) is 9.90. The predicted octanol–water partition coefficient (Wildman–Crippen LogP) is 2.26. The Morgan fingerprint density at radius 2 is 2.08 bits per heavy atom. The molecule has 1 fully saturated rings. The van der Waals surface area contributed by atoms with E-state index >= 15 is 0 Å². The number of halogens is 3. The van der Waals surface area contributed by atoms with Crippen LogP contribution in [0.25, 0.3) is 0 Å². The quantitative estimate of drug-likeness (QED) is 0.673. The van der Waals surface area contributed by atoms with Gasteiger partial charge in [0.2, 0.25) is 0 Å². The Labute approximate surface area is 74.3 Å². The minimum absolute atomic E-state index is 0.359. The molecule has 1 rings (SSSR count). The molecule has 0 spiro atoms. The van der Waals surface area contributed by atoms with Crippen molar-refractivity contribution in [1.29, 1.82) is 5.26 Å². The fraction of sp³-hybridized carbons (Fsp3) is 0.875. The Balaban J connectivity index is 2.33. The number of alkyl halides is 3. The summed E-state index contributed by atoms with van der Waals surface area (Å²) in [6.45, 7) is -1.24. The average Bonchev–Trinajstić information content (AvgIpc) is 2.46. The Hall–Kier alpha value is -0.760. The molecule has 0 aromatic rings. The van der Waals surface area contributed by atoms with E-state index in [0.29, 0.717) is 12.8 Å². The maximum Gasteiger partial charge on any atom is 0.411 e. The molecule has 74 valence electrons. The second-order valence-electron chi connectivity index (χ2n) is 3.13. The van der Waals surface area contributed by atoms with Gasteiger partial charge in [0.05, 0.1) is 18.1 Å². The Bertz CT molecular complexity index is 208. The number of ether oxygens (including phenoxy) is 1. The van der Waals surface area contributed by atoms with E-state index in [-0.39, 0.29) is 5.92 Å². The lowest BCUT2D eigenvalue weighted by Gasteiger charge is -2.15. The largest absolute Gasteiger partial charge is 0.411 e. The number of hydrogen-bond acceptors (Lipinski definition) is 2. The molecule has 0 aliphatic heterocycles. The number of hydrogen-bond donors (Lipinski definition) is 0. The van der Waals surface area contributed by atoms with Crippen LogP contribution in [0.2, 0.25) is 0 Å². The molecule has 0 saturated heterocycles. The lowest BCUT2D eigenvalue weighted by atomic mass is 10.1. The van der Waals surface area contributed by atoms with Crippen molar-refractivity contribution in [2.45, 2.75) is 31.5 Å². The van der Waals surface area contributed by atoms with Gasteiger partial charge >= 0.3 is 6.18 Å². The van der Waals surface area contributed by atoms with Gasteiger partial charge in [-0.3, -0.25) is 0 Å². The van der Waals surface area contributed by atoms with Crippen molar-refractivity contribution in [1.82, 2.24) is 0 Å². The van der Waals surface area contributed by atoms with Gasteiger partial charge in [-0.25, -0.2) is 0 Å². The molecule has 0 N–H and O–H groups in total. The van der Waals surface area contributed by atoms with E-state index in [1.807, 2.05) is 6.07 Å². The summed E-state index contributed by atoms with van der Waals surface area (Å²) in [5.41, 5.74) is 0. The minimum atomic E-state index is -4.29. The molecular weight excluding hydrogens is 183 g/mol. The van der Waals surface area contributed by atoms with Crippen LogP contribution < -0.4 is 0 Å². The molecule has 0 bridgehead atoms. The second-order valence-corrected chi connectivity index (χ2v) is 3.13. The predicted molar refractivity (Wildman–Crippen MR) is 38.7 cm³/mol. The SMILES string of the molecule is N#CC1CCCC1OCC(F)(F)F. The van der Waals surface area contributed by atoms with E-state index in [4.69, 9.17) is 5.26 Å². The highest BCUT2D eigenvalue weighted by atomic mass is 19.4. The van der Waals surface area contributed by atoms with E-state index in [1.165, 1.54) is 0 Å². The van der Waals surface area contributed by atoms with Crippen LogP contribution in [-0.2, 0) is 4.74 Å². The standard InChI is InChI=1S/C8H10F3NO/c9-8(10,11)5-13-7-3-1-2-6(7)4-12/h6-7H,1-3,5H2. The third kappa shape index (κ3) is 3.23. The lowest BCUT2D eigenvalue weighted by Crippen LogP contribution is -2.25. The Morgan fingerprint density at radius 1 is 1.38 bits per heavy atom. The van der Waals surface area contributed by atoms with Gasteiger partial charge in [0, 0.05) is 0 Å². The third-order valence-electron chi connectivity index (χ3n) is 2.08. The molecule has 0 aromatic heterocycles. The van der Waals surface area contributed by atoms with Crippen molar-refractivity contribution in [3.63, 3.8) is 0 Å². The molecule has 5 heteroatoms. The van der Waals surface area contributed by atoms with Gasteiger partial charge < -0.3 is 4.74 Å². The molecule has 0 aromatic carbocycles. The number of rotatable bonds is 2. The zero-order valence-electron chi connectivity index (χ0n) is 6.97. The van der Waals surface area contributed by atoms with Crippen LogP contribution in [0.3, 0.4) is 0 Å². The molecule has 2 unspecified atom stereocenters. The Morgan fingerprint density at radius 3 is 2.62 bits per heavy atom. The minimum Gasteiger partial charge on any atom is -0.367 e.